The zero-order valence-electron chi connectivity index (χ0n) is 12.1. The molecule has 0 radical (unpaired) electrons. The van der Waals surface area contributed by atoms with Gasteiger partial charge in [-0.25, -0.2) is 0 Å². The lowest BCUT2D eigenvalue weighted by molar-refractivity contribution is 0.480. The fourth-order valence-corrected chi connectivity index (χ4v) is 2.30. The largest absolute Gasteiger partial charge is 0.454 e. The second kappa shape index (κ2) is 6.77. The lowest BCUT2D eigenvalue weighted by Crippen LogP contribution is -2.12. The first kappa shape index (κ1) is 14.9. The molecule has 0 amide bonds. The van der Waals surface area contributed by atoms with Crippen LogP contribution in [0.15, 0.2) is 30.6 Å². The first-order valence-corrected chi connectivity index (χ1v) is 7.19. The molecule has 0 fully saturated rings. The molecule has 0 spiro atoms. The molecule has 4 nitrogen and oxygen atoms in total. The van der Waals surface area contributed by atoms with Crippen molar-refractivity contribution in [2.24, 2.45) is 0 Å². The third kappa shape index (κ3) is 3.52. The van der Waals surface area contributed by atoms with Crippen molar-refractivity contribution in [2.75, 3.05) is 7.05 Å². The smallest absolute Gasteiger partial charge is 0.165 e. The van der Waals surface area contributed by atoms with Gasteiger partial charge in [-0.15, -0.1) is 0 Å². The minimum atomic E-state index is 0.212. The van der Waals surface area contributed by atoms with Crippen LogP contribution in [0.5, 0.6) is 11.5 Å². The molecule has 0 bridgehead atoms. The topological polar surface area (TPSA) is 39.1 Å². The normalized spacial score (nSPS) is 12.4. The Morgan fingerprint density at radius 2 is 2.20 bits per heavy atom. The second-order valence-electron chi connectivity index (χ2n) is 4.73. The molecule has 0 saturated heterocycles. The molecule has 20 heavy (non-hydrogen) atoms. The predicted molar refractivity (Wildman–Crippen MR) is 81.5 cm³/mol. The highest BCUT2D eigenvalue weighted by atomic mass is 35.5. The van der Waals surface area contributed by atoms with E-state index in [1.807, 2.05) is 36.1 Å². The van der Waals surface area contributed by atoms with E-state index in [1.54, 1.807) is 6.20 Å². The van der Waals surface area contributed by atoms with Crippen LogP contribution in [0.1, 0.15) is 31.9 Å². The van der Waals surface area contributed by atoms with Crippen LogP contribution in [0.4, 0.5) is 0 Å². The summed E-state index contributed by atoms with van der Waals surface area (Å²) in [5, 5.41) is 8.10. The number of halogens is 1. The highest BCUT2D eigenvalue weighted by Crippen LogP contribution is 2.29. The van der Waals surface area contributed by atoms with E-state index in [1.165, 1.54) is 0 Å². The number of nitrogens with zero attached hydrogens (tertiary/aromatic N) is 2. The number of rotatable bonds is 6. The summed E-state index contributed by atoms with van der Waals surface area (Å²) in [5.74, 6) is 1.45. The summed E-state index contributed by atoms with van der Waals surface area (Å²) in [6, 6.07) is 5.95. The molecule has 0 saturated carbocycles. The Morgan fingerprint density at radius 3 is 2.85 bits per heavy atom. The van der Waals surface area contributed by atoms with Crippen molar-refractivity contribution in [3.8, 4) is 11.5 Å². The standard InChI is InChI=1S/C15H20ClN3O/c1-4-7-19-10-13(9-18-19)20-12-5-6-14(11(2)17-3)15(16)8-12/h5-6,8-11,17H,4,7H2,1-3H3. The summed E-state index contributed by atoms with van der Waals surface area (Å²) in [6.45, 7) is 5.07. The maximum Gasteiger partial charge on any atom is 0.165 e. The summed E-state index contributed by atoms with van der Waals surface area (Å²) in [4.78, 5) is 0. The van der Waals surface area contributed by atoms with Crippen LogP contribution in [0.2, 0.25) is 5.02 Å². The Balaban J connectivity index is 2.11. The van der Waals surface area contributed by atoms with E-state index in [4.69, 9.17) is 16.3 Å². The van der Waals surface area contributed by atoms with E-state index >= 15 is 0 Å². The van der Waals surface area contributed by atoms with Crippen molar-refractivity contribution in [3.05, 3.63) is 41.2 Å². The van der Waals surface area contributed by atoms with E-state index in [-0.39, 0.29) is 6.04 Å². The number of benzene rings is 1. The Hall–Kier alpha value is -1.52. The molecule has 1 heterocycles. The average molecular weight is 294 g/mol. The van der Waals surface area contributed by atoms with Crippen LogP contribution < -0.4 is 10.1 Å². The van der Waals surface area contributed by atoms with Crippen LogP contribution in [-0.4, -0.2) is 16.8 Å². The van der Waals surface area contributed by atoms with Crippen LogP contribution in [0.3, 0.4) is 0 Å². The fraction of sp³-hybridized carbons (Fsp3) is 0.400. The molecular weight excluding hydrogens is 274 g/mol. The quantitative estimate of drug-likeness (QED) is 0.874. The number of nitrogens with one attached hydrogen (secondary N) is 1. The van der Waals surface area contributed by atoms with E-state index in [0.717, 1.165) is 30.0 Å². The molecule has 108 valence electrons. The van der Waals surface area contributed by atoms with Gasteiger partial charge in [0, 0.05) is 17.6 Å². The molecule has 1 atom stereocenters. The van der Waals surface area contributed by atoms with Crippen molar-refractivity contribution in [1.29, 1.82) is 0 Å². The molecule has 5 heteroatoms. The van der Waals surface area contributed by atoms with Crippen molar-refractivity contribution in [2.45, 2.75) is 32.9 Å². The summed E-state index contributed by atoms with van der Waals surface area (Å²) in [5.41, 5.74) is 1.06. The minimum Gasteiger partial charge on any atom is -0.454 e. The van der Waals surface area contributed by atoms with Gasteiger partial charge in [-0.2, -0.15) is 5.10 Å². The second-order valence-corrected chi connectivity index (χ2v) is 5.14. The van der Waals surface area contributed by atoms with Crippen molar-refractivity contribution in [1.82, 2.24) is 15.1 Å². The van der Waals surface area contributed by atoms with Gasteiger partial charge in [0.25, 0.3) is 0 Å². The zero-order chi connectivity index (χ0) is 14.5. The van der Waals surface area contributed by atoms with Crippen molar-refractivity contribution < 1.29 is 4.74 Å². The molecule has 0 aliphatic rings. The summed E-state index contributed by atoms with van der Waals surface area (Å²) >= 11 is 6.28. The molecule has 1 N–H and O–H groups in total. The highest BCUT2D eigenvalue weighted by molar-refractivity contribution is 6.31. The predicted octanol–water partition coefficient (Wildman–Crippen LogP) is 4.02. The highest BCUT2D eigenvalue weighted by Gasteiger charge is 2.09. The summed E-state index contributed by atoms with van der Waals surface area (Å²) in [7, 11) is 1.91. The van der Waals surface area contributed by atoms with Crippen LogP contribution >= 0.6 is 11.6 Å². The van der Waals surface area contributed by atoms with Gasteiger partial charge in [-0.05, 0) is 38.1 Å². The molecule has 2 aromatic rings. The van der Waals surface area contributed by atoms with Gasteiger partial charge >= 0.3 is 0 Å². The van der Waals surface area contributed by atoms with Gasteiger partial charge in [0.15, 0.2) is 5.75 Å². The maximum absolute atomic E-state index is 6.28. The number of aryl methyl sites for hydroxylation is 1. The van der Waals surface area contributed by atoms with Gasteiger partial charge in [-0.3, -0.25) is 4.68 Å². The first-order valence-electron chi connectivity index (χ1n) is 6.81. The Kier molecular flexibility index (Phi) is 5.04. The maximum atomic E-state index is 6.28. The van der Waals surface area contributed by atoms with Crippen LogP contribution in [-0.2, 0) is 6.54 Å². The van der Waals surface area contributed by atoms with Gasteiger partial charge in [0.2, 0.25) is 0 Å². The molecule has 1 aromatic heterocycles. The van der Waals surface area contributed by atoms with Crippen LogP contribution in [0, 0.1) is 0 Å². The lowest BCUT2D eigenvalue weighted by Gasteiger charge is -2.13. The Labute approximate surface area is 124 Å². The van der Waals surface area contributed by atoms with Gasteiger partial charge in [-0.1, -0.05) is 24.6 Å². The zero-order valence-corrected chi connectivity index (χ0v) is 12.8. The first-order chi connectivity index (χ1) is 9.63. The molecule has 1 aromatic carbocycles. The number of hydrogen-bond donors (Lipinski definition) is 1. The minimum absolute atomic E-state index is 0.212. The van der Waals surface area contributed by atoms with Gasteiger partial charge < -0.3 is 10.1 Å². The lowest BCUT2D eigenvalue weighted by atomic mass is 10.1. The SMILES string of the molecule is CCCn1cc(Oc2ccc(C(C)NC)c(Cl)c2)cn1. The number of aromatic nitrogens is 2. The van der Waals surface area contributed by atoms with Crippen molar-refractivity contribution in [3.63, 3.8) is 0 Å². The number of hydrogen-bond acceptors (Lipinski definition) is 3. The molecule has 0 aliphatic carbocycles. The van der Waals surface area contributed by atoms with E-state index in [2.05, 4.69) is 24.3 Å². The van der Waals surface area contributed by atoms with Gasteiger partial charge in [0.05, 0.1) is 12.4 Å². The van der Waals surface area contributed by atoms with E-state index in [0.29, 0.717) is 5.02 Å². The molecular formula is C15H20ClN3O. The average Bonchev–Trinajstić information content (AvgIpc) is 2.86. The molecule has 0 aliphatic heterocycles. The number of ether oxygens (including phenoxy) is 1. The summed E-state index contributed by atoms with van der Waals surface area (Å²) in [6.07, 6.45) is 4.65. The van der Waals surface area contributed by atoms with Crippen LogP contribution in [0.25, 0.3) is 0 Å². The monoisotopic (exact) mass is 293 g/mol. The fourth-order valence-electron chi connectivity index (χ4n) is 1.96. The third-order valence-corrected chi connectivity index (χ3v) is 3.50. The summed E-state index contributed by atoms with van der Waals surface area (Å²) < 4.78 is 7.64. The van der Waals surface area contributed by atoms with Crippen molar-refractivity contribution >= 4 is 11.6 Å². The Bertz CT molecular complexity index is 568. The molecule has 1 unspecified atom stereocenters. The Morgan fingerprint density at radius 1 is 1.40 bits per heavy atom. The molecule has 2 rings (SSSR count). The van der Waals surface area contributed by atoms with E-state index < -0.39 is 0 Å². The van der Waals surface area contributed by atoms with E-state index in [9.17, 15) is 0 Å². The third-order valence-electron chi connectivity index (χ3n) is 3.17. The van der Waals surface area contributed by atoms with Gasteiger partial charge in [0.1, 0.15) is 5.75 Å².